The molecule has 4 bridgehead atoms. The van der Waals surface area contributed by atoms with Gasteiger partial charge in [0.15, 0.2) is 0 Å². The number of ether oxygens (including phenoxy) is 1. The van der Waals surface area contributed by atoms with E-state index in [-0.39, 0.29) is 5.60 Å². The van der Waals surface area contributed by atoms with E-state index in [4.69, 9.17) is 4.74 Å². The van der Waals surface area contributed by atoms with Crippen LogP contribution in [-0.4, -0.2) is 18.0 Å². The fraction of sp³-hybridized carbons (Fsp3) is 0.909. The van der Waals surface area contributed by atoms with E-state index in [1.807, 2.05) is 0 Å². The number of rotatable bonds is 0. The van der Waals surface area contributed by atoms with E-state index in [2.05, 4.69) is 0 Å². The van der Waals surface area contributed by atoms with Gasteiger partial charge in [0, 0.05) is 11.8 Å². The molecule has 5 fully saturated rings. The Morgan fingerprint density at radius 2 is 2.08 bits per heavy atom. The number of Topliss-reactive ketones (excluding diaryl/α,β-unsaturated/α-hetero) is 1. The third-order valence-electron chi connectivity index (χ3n) is 4.88. The van der Waals surface area contributed by atoms with Crippen LogP contribution in [0.4, 0.5) is 0 Å². The van der Waals surface area contributed by atoms with E-state index in [1.54, 1.807) is 0 Å². The summed E-state index contributed by atoms with van der Waals surface area (Å²) < 4.78 is 5.62. The van der Waals surface area contributed by atoms with Crippen molar-refractivity contribution in [3.63, 3.8) is 0 Å². The number of epoxide rings is 1. The van der Waals surface area contributed by atoms with E-state index in [9.17, 15) is 4.79 Å². The molecule has 0 radical (unpaired) electrons. The molecular formula is C11H14O2. The molecule has 5 rings (SSSR count). The zero-order valence-corrected chi connectivity index (χ0v) is 7.66. The first-order chi connectivity index (χ1) is 6.29. The van der Waals surface area contributed by atoms with E-state index in [0.717, 1.165) is 31.3 Å². The maximum absolute atomic E-state index is 11.9. The van der Waals surface area contributed by atoms with Crippen molar-refractivity contribution in [1.82, 2.24) is 0 Å². The molecule has 0 N–H and O–H groups in total. The normalized spacial score (nSPS) is 62.0. The van der Waals surface area contributed by atoms with Gasteiger partial charge in [-0.3, -0.25) is 4.79 Å². The van der Waals surface area contributed by atoms with Crippen LogP contribution in [0.1, 0.15) is 25.7 Å². The Morgan fingerprint density at radius 1 is 1.23 bits per heavy atom. The molecule has 70 valence electrons. The van der Waals surface area contributed by atoms with Crippen molar-refractivity contribution in [3.8, 4) is 0 Å². The van der Waals surface area contributed by atoms with Gasteiger partial charge in [-0.2, -0.15) is 0 Å². The molecule has 13 heavy (non-hydrogen) atoms. The van der Waals surface area contributed by atoms with Gasteiger partial charge in [0.2, 0.25) is 0 Å². The fourth-order valence-corrected chi connectivity index (χ4v) is 4.24. The van der Waals surface area contributed by atoms with Crippen LogP contribution in [-0.2, 0) is 9.53 Å². The van der Waals surface area contributed by atoms with E-state index >= 15 is 0 Å². The standard InChI is InChI=1S/C11H14O2/c12-10-7-1-6-2-8(4-7)11(5-13-11)9(10)3-6/h6-9H,1-5H2/t6-,7+,8-,9+,11-/m1/s1. The zero-order valence-electron chi connectivity index (χ0n) is 7.66. The van der Waals surface area contributed by atoms with Gasteiger partial charge in [0.25, 0.3) is 0 Å². The van der Waals surface area contributed by atoms with Crippen LogP contribution in [0, 0.1) is 23.7 Å². The number of carbonyl (C=O) groups is 1. The van der Waals surface area contributed by atoms with Gasteiger partial charge in [-0.1, -0.05) is 0 Å². The maximum Gasteiger partial charge on any atom is 0.142 e. The summed E-state index contributed by atoms with van der Waals surface area (Å²) in [6, 6.07) is 0. The van der Waals surface area contributed by atoms with Gasteiger partial charge in [-0.15, -0.1) is 0 Å². The zero-order chi connectivity index (χ0) is 8.63. The molecule has 0 aromatic carbocycles. The second-order valence-electron chi connectivity index (χ2n) is 5.40. The third-order valence-corrected chi connectivity index (χ3v) is 4.88. The van der Waals surface area contributed by atoms with Gasteiger partial charge >= 0.3 is 0 Å². The predicted octanol–water partition coefficient (Wildman–Crippen LogP) is 1.39. The van der Waals surface area contributed by atoms with Crippen LogP contribution in [0.5, 0.6) is 0 Å². The molecule has 1 heterocycles. The molecular weight excluding hydrogens is 164 g/mol. The Hall–Kier alpha value is -0.370. The Labute approximate surface area is 77.6 Å². The molecule has 1 spiro atoms. The molecule has 0 unspecified atom stereocenters. The van der Waals surface area contributed by atoms with E-state index in [1.165, 1.54) is 12.8 Å². The number of hydrogen-bond donors (Lipinski definition) is 0. The van der Waals surface area contributed by atoms with Crippen molar-refractivity contribution in [1.29, 1.82) is 0 Å². The van der Waals surface area contributed by atoms with Crippen LogP contribution >= 0.6 is 0 Å². The van der Waals surface area contributed by atoms with Crippen molar-refractivity contribution in [2.24, 2.45) is 23.7 Å². The molecule has 4 aliphatic carbocycles. The minimum Gasteiger partial charge on any atom is -0.369 e. The maximum atomic E-state index is 11.9. The summed E-state index contributed by atoms with van der Waals surface area (Å²) in [7, 11) is 0. The summed E-state index contributed by atoms with van der Waals surface area (Å²) >= 11 is 0. The lowest BCUT2D eigenvalue weighted by molar-refractivity contribution is -0.148. The number of ketones is 1. The Bertz CT molecular complexity index is 292. The second-order valence-corrected chi connectivity index (χ2v) is 5.40. The number of hydrogen-bond acceptors (Lipinski definition) is 2. The highest BCUT2D eigenvalue weighted by molar-refractivity contribution is 5.87. The predicted molar refractivity (Wildman–Crippen MR) is 46.1 cm³/mol. The Balaban J connectivity index is 1.83. The van der Waals surface area contributed by atoms with Crippen LogP contribution in [0.3, 0.4) is 0 Å². The summed E-state index contributed by atoms with van der Waals surface area (Å²) in [6.07, 6.45) is 4.83. The monoisotopic (exact) mass is 178 g/mol. The molecule has 0 amide bonds. The van der Waals surface area contributed by atoms with E-state index < -0.39 is 0 Å². The summed E-state index contributed by atoms with van der Waals surface area (Å²) in [5.41, 5.74) is 0.0739. The highest BCUT2D eigenvalue weighted by Gasteiger charge is 2.68. The van der Waals surface area contributed by atoms with Gasteiger partial charge in [0.1, 0.15) is 11.4 Å². The second kappa shape index (κ2) is 1.85. The summed E-state index contributed by atoms with van der Waals surface area (Å²) in [4.78, 5) is 11.9. The highest BCUT2D eigenvalue weighted by atomic mass is 16.6. The summed E-state index contributed by atoms with van der Waals surface area (Å²) in [5.74, 6) is 2.89. The molecule has 1 aliphatic heterocycles. The molecule has 2 nitrogen and oxygen atoms in total. The van der Waals surface area contributed by atoms with E-state index in [0.29, 0.717) is 17.6 Å². The topological polar surface area (TPSA) is 29.6 Å². The third kappa shape index (κ3) is 0.653. The van der Waals surface area contributed by atoms with Gasteiger partial charge < -0.3 is 4.74 Å². The van der Waals surface area contributed by atoms with Crippen molar-refractivity contribution in [3.05, 3.63) is 0 Å². The smallest absolute Gasteiger partial charge is 0.142 e. The minimum absolute atomic E-state index is 0.0739. The SMILES string of the molecule is O=C1[C@H]2C[C@@H]3C[C@H](C2)[C@]2(CO2)[C@H]1C3. The molecule has 2 heteroatoms. The molecule has 5 atom stereocenters. The van der Waals surface area contributed by atoms with Gasteiger partial charge in [-0.25, -0.2) is 0 Å². The lowest BCUT2D eigenvalue weighted by atomic mass is 9.51. The average Bonchev–Trinajstić information content (AvgIpc) is 2.90. The first-order valence-corrected chi connectivity index (χ1v) is 5.47. The van der Waals surface area contributed by atoms with Crippen molar-refractivity contribution in [2.75, 3.05) is 6.61 Å². The van der Waals surface area contributed by atoms with Crippen molar-refractivity contribution in [2.45, 2.75) is 31.3 Å². The molecule has 0 aromatic rings. The first-order valence-electron chi connectivity index (χ1n) is 5.47. The minimum atomic E-state index is 0.0739. The van der Waals surface area contributed by atoms with Crippen molar-refractivity contribution < 1.29 is 9.53 Å². The molecule has 1 saturated heterocycles. The lowest BCUT2D eigenvalue weighted by Gasteiger charge is -2.52. The fourth-order valence-electron chi connectivity index (χ4n) is 4.24. The van der Waals surface area contributed by atoms with Crippen LogP contribution < -0.4 is 0 Å². The molecule has 5 aliphatic rings. The largest absolute Gasteiger partial charge is 0.369 e. The summed E-state index contributed by atoms with van der Waals surface area (Å²) in [5, 5.41) is 0. The lowest BCUT2D eigenvalue weighted by Crippen LogP contribution is -2.56. The van der Waals surface area contributed by atoms with Crippen molar-refractivity contribution >= 4 is 5.78 Å². The van der Waals surface area contributed by atoms with Crippen LogP contribution in [0.15, 0.2) is 0 Å². The van der Waals surface area contributed by atoms with Gasteiger partial charge in [-0.05, 0) is 37.5 Å². The van der Waals surface area contributed by atoms with Gasteiger partial charge in [0.05, 0.1) is 6.61 Å². The highest BCUT2D eigenvalue weighted by Crippen LogP contribution is 2.62. The molecule has 4 saturated carbocycles. The summed E-state index contributed by atoms with van der Waals surface area (Å²) in [6.45, 7) is 0.882. The average molecular weight is 178 g/mol. The Morgan fingerprint density at radius 3 is 2.85 bits per heavy atom. The molecule has 0 aromatic heterocycles. The first kappa shape index (κ1) is 6.99. The Kier molecular flexibility index (Phi) is 0.997. The van der Waals surface area contributed by atoms with Crippen LogP contribution in [0.2, 0.25) is 0 Å². The van der Waals surface area contributed by atoms with Crippen LogP contribution in [0.25, 0.3) is 0 Å². The quantitative estimate of drug-likeness (QED) is 0.525. The number of carbonyl (C=O) groups excluding carboxylic acids is 1.